The van der Waals surface area contributed by atoms with Gasteiger partial charge in [0, 0.05) is 18.9 Å². The molecule has 3 heterocycles. The van der Waals surface area contributed by atoms with Gasteiger partial charge in [0.25, 0.3) is 5.91 Å². The number of aromatic nitrogens is 4. The van der Waals surface area contributed by atoms with Crippen LogP contribution in [0.3, 0.4) is 0 Å². The van der Waals surface area contributed by atoms with Gasteiger partial charge in [-0.1, -0.05) is 0 Å². The molecule has 0 unspecified atom stereocenters. The van der Waals surface area contributed by atoms with Crippen molar-refractivity contribution in [1.29, 1.82) is 0 Å². The second-order valence-electron chi connectivity index (χ2n) is 5.56. The van der Waals surface area contributed by atoms with Crippen molar-refractivity contribution in [3.05, 3.63) is 47.1 Å². The van der Waals surface area contributed by atoms with Crippen LogP contribution in [-0.2, 0) is 4.74 Å². The molecule has 2 aromatic rings. The summed E-state index contributed by atoms with van der Waals surface area (Å²) >= 11 is 0. The van der Waals surface area contributed by atoms with E-state index in [1.54, 1.807) is 17.3 Å². The summed E-state index contributed by atoms with van der Waals surface area (Å²) in [6, 6.07) is 1.83. The molecular weight excluding hydrogens is 294 g/mol. The normalized spacial score (nSPS) is 18.0. The third kappa shape index (κ3) is 3.34. The lowest BCUT2D eigenvalue weighted by molar-refractivity contribution is -0.0249. The highest BCUT2D eigenvalue weighted by Gasteiger charge is 2.28. The van der Waals surface area contributed by atoms with Gasteiger partial charge in [-0.3, -0.25) is 4.79 Å². The molecule has 7 heteroatoms. The molecule has 0 aromatic carbocycles. The van der Waals surface area contributed by atoms with Gasteiger partial charge in [-0.05, 0) is 26.8 Å². The summed E-state index contributed by atoms with van der Waals surface area (Å²) in [4.78, 5) is 31.4. The van der Waals surface area contributed by atoms with E-state index in [4.69, 9.17) is 4.74 Å². The molecule has 7 nitrogen and oxygen atoms in total. The fourth-order valence-electron chi connectivity index (χ4n) is 2.63. The fraction of sp³-hybridized carbons (Fsp3) is 0.438. The lowest BCUT2D eigenvalue weighted by Crippen LogP contribution is -2.42. The van der Waals surface area contributed by atoms with E-state index < -0.39 is 0 Å². The maximum absolute atomic E-state index is 12.7. The summed E-state index contributed by atoms with van der Waals surface area (Å²) in [6.07, 6.45) is 3.07. The Hall–Kier alpha value is -2.41. The highest BCUT2D eigenvalue weighted by molar-refractivity contribution is 5.95. The molecule has 1 atom stereocenters. The molecule has 1 aliphatic rings. The van der Waals surface area contributed by atoms with Crippen LogP contribution in [0.5, 0.6) is 0 Å². The summed E-state index contributed by atoms with van der Waals surface area (Å²) in [6.45, 7) is 6.96. The average Bonchev–Trinajstić information content (AvgIpc) is 2.54. The number of hydrogen-bond acceptors (Lipinski definition) is 6. The first kappa shape index (κ1) is 15.5. The second-order valence-corrected chi connectivity index (χ2v) is 5.56. The minimum Gasteiger partial charge on any atom is -0.368 e. The minimum absolute atomic E-state index is 0.0680. The zero-order valence-corrected chi connectivity index (χ0v) is 13.5. The Morgan fingerprint density at radius 2 is 2.00 bits per heavy atom. The van der Waals surface area contributed by atoms with E-state index in [2.05, 4.69) is 19.9 Å². The van der Waals surface area contributed by atoms with Crippen LogP contribution in [-0.4, -0.2) is 50.4 Å². The first-order chi connectivity index (χ1) is 11.0. The smallest absolute Gasteiger partial charge is 0.257 e. The Balaban J connectivity index is 1.79. The molecule has 120 valence electrons. The van der Waals surface area contributed by atoms with Gasteiger partial charge in [-0.15, -0.1) is 0 Å². The minimum atomic E-state index is -0.235. The predicted octanol–water partition coefficient (Wildman–Crippen LogP) is 1.41. The largest absolute Gasteiger partial charge is 0.368 e. The van der Waals surface area contributed by atoms with E-state index >= 15 is 0 Å². The average molecular weight is 313 g/mol. The highest BCUT2D eigenvalue weighted by Crippen LogP contribution is 2.22. The number of nitrogens with zero attached hydrogens (tertiary/aromatic N) is 5. The van der Waals surface area contributed by atoms with Crippen molar-refractivity contribution < 1.29 is 9.53 Å². The molecule has 1 aliphatic heterocycles. The van der Waals surface area contributed by atoms with Crippen molar-refractivity contribution in [3.63, 3.8) is 0 Å². The second kappa shape index (κ2) is 6.37. The van der Waals surface area contributed by atoms with Crippen LogP contribution in [0, 0.1) is 20.8 Å². The zero-order valence-electron chi connectivity index (χ0n) is 13.5. The van der Waals surface area contributed by atoms with Crippen molar-refractivity contribution in [2.24, 2.45) is 0 Å². The monoisotopic (exact) mass is 313 g/mol. The molecular formula is C16H19N5O2. The van der Waals surface area contributed by atoms with Gasteiger partial charge in [-0.2, -0.15) is 0 Å². The first-order valence-corrected chi connectivity index (χ1v) is 7.55. The zero-order chi connectivity index (χ0) is 16.4. The van der Waals surface area contributed by atoms with Crippen LogP contribution in [0.25, 0.3) is 0 Å². The maximum atomic E-state index is 12.7. The topological polar surface area (TPSA) is 81.1 Å². The fourth-order valence-corrected chi connectivity index (χ4v) is 2.63. The van der Waals surface area contributed by atoms with Crippen LogP contribution in [0.2, 0.25) is 0 Å². The van der Waals surface area contributed by atoms with Crippen molar-refractivity contribution in [1.82, 2.24) is 24.8 Å². The maximum Gasteiger partial charge on any atom is 0.257 e. The van der Waals surface area contributed by atoms with Gasteiger partial charge in [0.05, 0.1) is 30.1 Å². The lowest BCUT2D eigenvalue weighted by Gasteiger charge is -2.32. The molecule has 3 rings (SSSR count). The van der Waals surface area contributed by atoms with Gasteiger partial charge in [0.15, 0.2) is 0 Å². The number of amides is 1. The Bertz CT molecular complexity index is 734. The van der Waals surface area contributed by atoms with E-state index in [1.807, 2.05) is 26.8 Å². The van der Waals surface area contributed by atoms with Crippen LogP contribution in [0.1, 0.15) is 39.5 Å². The Morgan fingerprint density at radius 1 is 1.22 bits per heavy atom. The molecule has 23 heavy (non-hydrogen) atoms. The molecule has 0 saturated carbocycles. The van der Waals surface area contributed by atoms with Crippen molar-refractivity contribution in [3.8, 4) is 0 Å². The molecule has 0 bridgehead atoms. The van der Waals surface area contributed by atoms with E-state index in [-0.39, 0.29) is 12.0 Å². The Labute approximate surface area is 134 Å². The molecule has 1 amide bonds. The SMILES string of the molecule is Cc1nccc([C@@H]2CN(C(=O)c3cnc(C)nc3C)CCO2)n1. The van der Waals surface area contributed by atoms with Gasteiger partial charge in [-0.25, -0.2) is 19.9 Å². The third-order valence-corrected chi connectivity index (χ3v) is 3.81. The highest BCUT2D eigenvalue weighted by atomic mass is 16.5. The standard InChI is InChI=1S/C16H19N5O2/c1-10-13(8-18-12(3)19-10)16(22)21-6-7-23-15(9-21)14-4-5-17-11(2)20-14/h4-5,8,15H,6-7,9H2,1-3H3/t15-/m0/s1. The van der Waals surface area contributed by atoms with Crippen molar-refractivity contribution in [2.75, 3.05) is 19.7 Å². The molecule has 2 aromatic heterocycles. The van der Waals surface area contributed by atoms with Crippen molar-refractivity contribution in [2.45, 2.75) is 26.9 Å². The van der Waals surface area contributed by atoms with Gasteiger partial charge in [0.1, 0.15) is 17.8 Å². The van der Waals surface area contributed by atoms with E-state index in [1.165, 1.54) is 0 Å². The quantitative estimate of drug-likeness (QED) is 0.834. The molecule has 0 spiro atoms. The first-order valence-electron chi connectivity index (χ1n) is 7.55. The molecule has 0 radical (unpaired) electrons. The summed E-state index contributed by atoms with van der Waals surface area (Å²) in [7, 11) is 0. The summed E-state index contributed by atoms with van der Waals surface area (Å²) < 4.78 is 5.77. The Kier molecular flexibility index (Phi) is 4.29. The van der Waals surface area contributed by atoms with E-state index in [0.717, 1.165) is 5.69 Å². The number of aryl methyl sites for hydroxylation is 3. The van der Waals surface area contributed by atoms with Gasteiger partial charge >= 0.3 is 0 Å². The molecule has 0 N–H and O–H groups in total. The molecule has 1 fully saturated rings. The summed E-state index contributed by atoms with van der Waals surface area (Å²) in [5.74, 6) is 1.29. The van der Waals surface area contributed by atoms with E-state index in [9.17, 15) is 4.79 Å². The number of hydrogen-bond donors (Lipinski definition) is 0. The summed E-state index contributed by atoms with van der Waals surface area (Å²) in [5.41, 5.74) is 2.03. The van der Waals surface area contributed by atoms with E-state index in [0.29, 0.717) is 42.6 Å². The number of ether oxygens (including phenoxy) is 1. The van der Waals surface area contributed by atoms with Crippen LogP contribution in [0.15, 0.2) is 18.5 Å². The molecule has 0 aliphatic carbocycles. The number of carbonyl (C=O) groups excluding carboxylic acids is 1. The van der Waals surface area contributed by atoms with Gasteiger partial charge in [0.2, 0.25) is 0 Å². The van der Waals surface area contributed by atoms with Crippen molar-refractivity contribution >= 4 is 5.91 Å². The summed E-state index contributed by atoms with van der Waals surface area (Å²) in [5, 5.41) is 0. The number of rotatable bonds is 2. The lowest BCUT2D eigenvalue weighted by atomic mass is 10.1. The molecule has 1 saturated heterocycles. The van der Waals surface area contributed by atoms with Crippen LogP contribution >= 0.6 is 0 Å². The van der Waals surface area contributed by atoms with Crippen LogP contribution < -0.4 is 0 Å². The third-order valence-electron chi connectivity index (χ3n) is 3.81. The Morgan fingerprint density at radius 3 is 2.74 bits per heavy atom. The predicted molar refractivity (Wildman–Crippen MR) is 82.9 cm³/mol. The van der Waals surface area contributed by atoms with Crippen LogP contribution in [0.4, 0.5) is 0 Å². The number of morpholine rings is 1. The number of carbonyl (C=O) groups is 1. The van der Waals surface area contributed by atoms with Gasteiger partial charge < -0.3 is 9.64 Å².